The summed E-state index contributed by atoms with van der Waals surface area (Å²) in [5.41, 5.74) is 15.1. The Kier molecular flexibility index (Phi) is 8.01. The van der Waals surface area contributed by atoms with Gasteiger partial charge in [-0.3, -0.25) is 0 Å². The molecule has 3 aromatic heterocycles. The fraction of sp³-hybridized carbons (Fsp3) is 0.0851. The second-order valence-electron chi connectivity index (χ2n) is 13.1. The first kappa shape index (κ1) is 31.4. The highest BCUT2D eigenvalue weighted by atomic mass is 15.1. The highest BCUT2D eigenvalue weighted by molar-refractivity contribution is 5.84. The average molecular weight is 672 g/mol. The largest absolute Gasteiger partial charge is 0.324 e. The summed E-state index contributed by atoms with van der Waals surface area (Å²) in [6.07, 6.45) is 0. The Labute approximate surface area is 303 Å². The molecule has 0 saturated heterocycles. The van der Waals surface area contributed by atoms with Crippen molar-refractivity contribution in [3.63, 3.8) is 0 Å². The molecule has 9 aromatic rings. The summed E-state index contributed by atoms with van der Waals surface area (Å²) in [6, 6.07) is 57.8. The zero-order chi connectivity index (χ0) is 35.0. The first-order chi connectivity index (χ1) is 25.7. The van der Waals surface area contributed by atoms with Crippen LogP contribution in [0.15, 0.2) is 164 Å². The van der Waals surface area contributed by atoms with Gasteiger partial charge in [0.15, 0.2) is 0 Å². The number of nitrogens with zero attached hydrogens (tertiary/aromatic N) is 5. The van der Waals surface area contributed by atoms with Gasteiger partial charge in [0.25, 0.3) is 0 Å². The number of fused-ring (bicyclic) bond motifs is 2. The number of pyridine rings is 1. The van der Waals surface area contributed by atoms with E-state index in [-0.39, 0.29) is 0 Å². The molecule has 5 heteroatoms. The molecule has 0 aliphatic heterocycles. The zero-order valence-corrected chi connectivity index (χ0v) is 29.2. The SMILES string of the molecule is CCn1c(-c2ccc(-c3cc(-c4ccc(-c5ccccc5)cc4)cc(-c4ccc(-c5nc6ccccc6n5CC)cc4)n3)cc2)nc2ccccc21. The number of imidazole rings is 2. The summed E-state index contributed by atoms with van der Waals surface area (Å²) in [5.74, 6) is 1.96. The van der Waals surface area contributed by atoms with Crippen molar-refractivity contribution in [3.8, 4) is 67.5 Å². The lowest BCUT2D eigenvalue weighted by molar-refractivity contribution is 0.796. The van der Waals surface area contributed by atoms with Gasteiger partial charge in [0.1, 0.15) is 11.6 Å². The first-order valence-corrected chi connectivity index (χ1v) is 18.0. The Bertz CT molecular complexity index is 2520. The zero-order valence-electron chi connectivity index (χ0n) is 29.2. The summed E-state index contributed by atoms with van der Waals surface area (Å²) in [5, 5.41) is 0. The van der Waals surface area contributed by atoms with Crippen LogP contribution in [0.5, 0.6) is 0 Å². The minimum Gasteiger partial charge on any atom is -0.324 e. The Morgan fingerprint density at radius 3 is 1.17 bits per heavy atom. The number of hydrogen-bond donors (Lipinski definition) is 0. The van der Waals surface area contributed by atoms with Crippen LogP contribution in [-0.2, 0) is 13.1 Å². The van der Waals surface area contributed by atoms with Crippen molar-refractivity contribution in [2.24, 2.45) is 0 Å². The third-order valence-electron chi connectivity index (χ3n) is 9.97. The van der Waals surface area contributed by atoms with Crippen LogP contribution in [0, 0.1) is 0 Å². The van der Waals surface area contributed by atoms with Crippen LogP contribution in [-0.4, -0.2) is 24.1 Å². The third-order valence-corrected chi connectivity index (χ3v) is 9.97. The van der Waals surface area contributed by atoms with E-state index in [2.05, 4.69) is 175 Å². The van der Waals surface area contributed by atoms with Gasteiger partial charge in [0.2, 0.25) is 0 Å². The van der Waals surface area contributed by atoms with E-state index in [0.29, 0.717) is 0 Å². The number of para-hydroxylation sites is 4. The Morgan fingerprint density at radius 2 is 0.712 bits per heavy atom. The van der Waals surface area contributed by atoms with Crippen LogP contribution in [0.3, 0.4) is 0 Å². The van der Waals surface area contributed by atoms with E-state index in [4.69, 9.17) is 15.0 Å². The molecule has 0 aliphatic carbocycles. The van der Waals surface area contributed by atoms with Gasteiger partial charge < -0.3 is 9.13 Å². The summed E-state index contributed by atoms with van der Waals surface area (Å²) in [6.45, 7) is 6.04. The molecule has 0 spiro atoms. The number of benzene rings is 6. The third kappa shape index (κ3) is 5.66. The Morgan fingerprint density at radius 1 is 0.346 bits per heavy atom. The summed E-state index contributed by atoms with van der Waals surface area (Å²) in [4.78, 5) is 15.2. The molecule has 0 unspecified atom stereocenters. The summed E-state index contributed by atoms with van der Waals surface area (Å²) < 4.78 is 4.55. The van der Waals surface area contributed by atoms with Crippen molar-refractivity contribution in [2.75, 3.05) is 0 Å². The molecule has 9 rings (SSSR count). The topological polar surface area (TPSA) is 48.5 Å². The predicted molar refractivity (Wildman–Crippen MR) is 215 cm³/mol. The van der Waals surface area contributed by atoms with Gasteiger partial charge in [-0.1, -0.05) is 127 Å². The minimum absolute atomic E-state index is 0.850. The van der Waals surface area contributed by atoms with E-state index in [0.717, 1.165) is 91.6 Å². The normalized spacial score (nSPS) is 11.4. The monoisotopic (exact) mass is 671 g/mol. The number of rotatable bonds is 8. The van der Waals surface area contributed by atoms with Crippen LogP contribution in [0.2, 0.25) is 0 Å². The standard InChI is InChI=1S/C47H37N5/c1-3-51-44-16-10-8-14-40(44)49-46(51)37-26-22-35(23-27-37)42-30-39(34-20-18-33(19-21-34)32-12-6-5-7-13-32)31-43(48-42)36-24-28-38(29-25-36)47-50-41-15-9-11-17-45(41)52(47)4-2/h5-31H,3-4H2,1-2H3. The number of aromatic nitrogens is 5. The van der Waals surface area contributed by atoms with E-state index in [9.17, 15) is 0 Å². The molecule has 52 heavy (non-hydrogen) atoms. The molecule has 0 bridgehead atoms. The van der Waals surface area contributed by atoms with E-state index in [1.807, 2.05) is 12.1 Å². The van der Waals surface area contributed by atoms with Crippen LogP contribution in [0.25, 0.3) is 89.6 Å². The molecule has 0 atom stereocenters. The van der Waals surface area contributed by atoms with Gasteiger partial charge in [-0.25, -0.2) is 15.0 Å². The van der Waals surface area contributed by atoms with Crippen molar-refractivity contribution in [1.29, 1.82) is 0 Å². The van der Waals surface area contributed by atoms with Gasteiger partial charge in [-0.2, -0.15) is 0 Å². The molecule has 0 fully saturated rings. The smallest absolute Gasteiger partial charge is 0.141 e. The number of hydrogen-bond acceptors (Lipinski definition) is 3. The lowest BCUT2D eigenvalue weighted by atomic mass is 9.97. The van der Waals surface area contributed by atoms with Crippen molar-refractivity contribution >= 4 is 22.1 Å². The fourth-order valence-electron chi connectivity index (χ4n) is 7.29. The van der Waals surface area contributed by atoms with Gasteiger partial charge in [0.05, 0.1) is 33.5 Å². The molecule has 0 aliphatic rings. The van der Waals surface area contributed by atoms with Crippen molar-refractivity contribution in [2.45, 2.75) is 26.9 Å². The van der Waals surface area contributed by atoms with Crippen LogP contribution in [0.4, 0.5) is 0 Å². The van der Waals surface area contributed by atoms with Gasteiger partial charge in [-0.15, -0.1) is 0 Å². The second kappa shape index (κ2) is 13.3. The van der Waals surface area contributed by atoms with E-state index < -0.39 is 0 Å². The lowest BCUT2D eigenvalue weighted by Gasteiger charge is -2.12. The molecule has 0 N–H and O–H groups in total. The second-order valence-corrected chi connectivity index (χ2v) is 13.1. The molecule has 0 radical (unpaired) electrons. The van der Waals surface area contributed by atoms with E-state index in [1.54, 1.807) is 0 Å². The van der Waals surface area contributed by atoms with E-state index >= 15 is 0 Å². The molecule has 5 nitrogen and oxygen atoms in total. The highest BCUT2D eigenvalue weighted by Gasteiger charge is 2.15. The average Bonchev–Trinajstić information content (AvgIpc) is 3.80. The lowest BCUT2D eigenvalue weighted by Crippen LogP contribution is -1.98. The van der Waals surface area contributed by atoms with Gasteiger partial charge in [0, 0.05) is 35.3 Å². The van der Waals surface area contributed by atoms with Crippen LogP contribution >= 0.6 is 0 Å². The predicted octanol–water partition coefficient (Wildman–Crippen LogP) is 11.8. The minimum atomic E-state index is 0.850. The van der Waals surface area contributed by atoms with Crippen LogP contribution in [0.1, 0.15) is 13.8 Å². The molecule has 0 saturated carbocycles. The van der Waals surface area contributed by atoms with Gasteiger partial charge >= 0.3 is 0 Å². The number of aryl methyl sites for hydroxylation is 2. The molecule has 250 valence electrons. The molecular weight excluding hydrogens is 635 g/mol. The first-order valence-electron chi connectivity index (χ1n) is 18.0. The maximum atomic E-state index is 5.26. The Balaban J connectivity index is 1.11. The fourth-order valence-corrected chi connectivity index (χ4v) is 7.29. The molecule has 6 aromatic carbocycles. The molecule has 0 amide bonds. The summed E-state index contributed by atoms with van der Waals surface area (Å²) in [7, 11) is 0. The summed E-state index contributed by atoms with van der Waals surface area (Å²) >= 11 is 0. The van der Waals surface area contributed by atoms with Crippen molar-refractivity contribution in [3.05, 3.63) is 164 Å². The van der Waals surface area contributed by atoms with Crippen LogP contribution < -0.4 is 0 Å². The maximum Gasteiger partial charge on any atom is 0.141 e. The molecular formula is C47H37N5. The quantitative estimate of drug-likeness (QED) is 0.162. The van der Waals surface area contributed by atoms with Crippen molar-refractivity contribution in [1.82, 2.24) is 24.1 Å². The highest BCUT2D eigenvalue weighted by Crippen LogP contribution is 2.34. The Hall–Kier alpha value is -6.59. The molecule has 3 heterocycles. The van der Waals surface area contributed by atoms with E-state index in [1.165, 1.54) is 11.1 Å². The maximum absolute atomic E-state index is 5.26. The van der Waals surface area contributed by atoms with Crippen molar-refractivity contribution < 1.29 is 0 Å². The van der Waals surface area contributed by atoms with Gasteiger partial charge in [-0.05, 0) is 72.5 Å².